The molecule has 17 heavy (non-hydrogen) atoms. The molecule has 1 N–H and O–H groups in total. The molecule has 0 bridgehead atoms. The monoisotopic (exact) mass is 232 g/mol. The molecule has 1 aliphatic rings. The zero-order valence-electron chi connectivity index (χ0n) is 11.5. The van der Waals surface area contributed by atoms with Crippen molar-refractivity contribution in [3.05, 3.63) is 23.5 Å². The van der Waals surface area contributed by atoms with Gasteiger partial charge in [-0.1, -0.05) is 20.3 Å². The summed E-state index contributed by atoms with van der Waals surface area (Å²) in [7, 11) is 0. The molecule has 0 radical (unpaired) electrons. The predicted molar refractivity (Wildman–Crippen MR) is 73.3 cm³/mol. The summed E-state index contributed by atoms with van der Waals surface area (Å²) < 4.78 is 0. The largest absolute Gasteiger partial charge is 0.382 e. The van der Waals surface area contributed by atoms with Crippen molar-refractivity contribution in [2.75, 3.05) is 5.32 Å². The predicted octanol–water partition coefficient (Wildman–Crippen LogP) is 3.94. The van der Waals surface area contributed by atoms with Crippen LogP contribution in [0, 0.1) is 25.7 Å². The van der Waals surface area contributed by atoms with Crippen molar-refractivity contribution in [1.29, 1.82) is 0 Å². The van der Waals surface area contributed by atoms with E-state index in [1.54, 1.807) is 0 Å². The summed E-state index contributed by atoms with van der Waals surface area (Å²) in [5, 5.41) is 3.70. The second kappa shape index (κ2) is 5.07. The lowest BCUT2D eigenvalue weighted by molar-refractivity contribution is 0.392. The van der Waals surface area contributed by atoms with Crippen LogP contribution in [0.5, 0.6) is 0 Å². The Labute approximate surface area is 105 Å². The van der Waals surface area contributed by atoms with Crippen LogP contribution in [0.2, 0.25) is 0 Å². The zero-order chi connectivity index (χ0) is 12.4. The minimum atomic E-state index is 0.640. The maximum atomic E-state index is 4.42. The maximum Gasteiger partial charge on any atom is 0.0396 e. The van der Waals surface area contributed by atoms with Crippen molar-refractivity contribution in [2.45, 2.75) is 53.0 Å². The van der Waals surface area contributed by atoms with Gasteiger partial charge in [0.1, 0.15) is 0 Å². The Bertz CT molecular complexity index is 366. The number of rotatable bonds is 3. The molecule has 2 nitrogen and oxygen atoms in total. The Balaban J connectivity index is 2.06. The van der Waals surface area contributed by atoms with Gasteiger partial charge in [-0.2, -0.15) is 0 Å². The van der Waals surface area contributed by atoms with E-state index in [1.165, 1.54) is 24.9 Å². The standard InChI is InChI=1S/C15H24N2/c1-5-13-6-7-15(12(13)4)17-14-8-10(2)16-11(3)9-14/h8-9,12-13,15H,5-7H2,1-4H3,(H,16,17). The lowest BCUT2D eigenvalue weighted by Gasteiger charge is -2.22. The molecule has 94 valence electrons. The van der Waals surface area contributed by atoms with E-state index in [-0.39, 0.29) is 0 Å². The first-order valence-electron chi connectivity index (χ1n) is 6.82. The fraction of sp³-hybridized carbons (Fsp3) is 0.667. The Hall–Kier alpha value is -1.05. The molecular weight excluding hydrogens is 208 g/mol. The molecule has 2 rings (SSSR count). The van der Waals surface area contributed by atoms with Gasteiger partial charge in [0, 0.05) is 23.1 Å². The smallest absolute Gasteiger partial charge is 0.0396 e. The minimum absolute atomic E-state index is 0.640. The van der Waals surface area contributed by atoms with Crippen molar-refractivity contribution < 1.29 is 0 Å². The van der Waals surface area contributed by atoms with E-state index >= 15 is 0 Å². The van der Waals surface area contributed by atoms with Gasteiger partial charge in [0.25, 0.3) is 0 Å². The summed E-state index contributed by atoms with van der Waals surface area (Å²) in [6.45, 7) is 8.82. The fourth-order valence-electron chi connectivity index (χ4n) is 3.16. The van der Waals surface area contributed by atoms with Gasteiger partial charge in [-0.25, -0.2) is 0 Å². The summed E-state index contributed by atoms with van der Waals surface area (Å²) >= 11 is 0. The van der Waals surface area contributed by atoms with Crippen LogP contribution in [0.15, 0.2) is 12.1 Å². The lowest BCUT2D eigenvalue weighted by atomic mass is 9.93. The van der Waals surface area contributed by atoms with E-state index in [9.17, 15) is 0 Å². The van der Waals surface area contributed by atoms with Crippen molar-refractivity contribution in [3.8, 4) is 0 Å². The highest BCUT2D eigenvalue weighted by atomic mass is 14.9. The number of pyridine rings is 1. The zero-order valence-corrected chi connectivity index (χ0v) is 11.5. The third-order valence-corrected chi connectivity index (χ3v) is 4.18. The molecule has 1 aromatic rings. The van der Waals surface area contributed by atoms with Crippen molar-refractivity contribution in [2.24, 2.45) is 11.8 Å². The van der Waals surface area contributed by atoms with Crippen molar-refractivity contribution in [1.82, 2.24) is 4.98 Å². The highest BCUT2D eigenvalue weighted by Gasteiger charge is 2.31. The van der Waals surface area contributed by atoms with Crippen LogP contribution in [0.25, 0.3) is 0 Å². The highest BCUT2D eigenvalue weighted by molar-refractivity contribution is 5.46. The first-order chi connectivity index (χ1) is 8.10. The molecule has 0 saturated heterocycles. The van der Waals surface area contributed by atoms with Crippen LogP contribution in [0.4, 0.5) is 5.69 Å². The van der Waals surface area contributed by atoms with Gasteiger partial charge in [0.15, 0.2) is 0 Å². The number of nitrogens with one attached hydrogen (secondary N) is 1. The minimum Gasteiger partial charge on any atom is -0.382 e. The van der Waals surface area contributed by atoms with Gasteiger partial charge >= 0.3 is 0 Å². The molecule has 3 atom stereocenters. The van der Waals surface area contributed by atoms with Crippen LogP contribution < -0.4 is 5.32 Å². The topological polar surface area (TPSA) is 24.9 Å². The first kappa shape index (κ1) is 12.4. The van der Waals surface area contributed by atoms with E-state index in [2.05, 4.69) is 50.1 Å². The molecule has 3 unspecified atom stereocenters. The summed E-state index contributed by atoms with van der Waals surface area (Å²) in [5.41, 5.74) is 3.44. The number of nitrogens with zero attached hydrogens (tertiary/aromatic N) is 1. The Morgan fingerprint density at radius 2 is 1.88 bits per heavy atom. The van der Waals surface area contributed by atoms with Crippen LogP contribution in [0.3, 0.4) is 0 Å². The van der Waals surface area contributed by atoms with E-state index in [4.69, 9.17) is 0 Å². The van der Waals surface area contributed by atoms with Crippen LogP contribution in [-0.2, 0) is 0 Å². The number of anilines is 1. The Morgan fingerprint density at radius 1 is 1.24 bits per heavy atom. The van der Waals surface area contributed by atoms with Gasteiger partial charge in [-0.15, -0.1) is 0 Å². The quantitative estimate of drug-likeness (QED) is 0.854. The number of hydrogen-bond acceptors (Lipinski definition) is 2. The molecule has 0 spiro atoms. The fourth-order valence-corrected chi connectivity index (χ4v) is 3.16. The second-order valence-electron chi connectivity index (χ2n) is 5.49. The number of aryl methyl sites for hydroxylation is 2. The number of hydrogen-bond donors (Lipinski definition) is 1. The van der Waals surface area contributed by atoms with E-state index < -0.39 is 0 Å². The van der Waals surface area contributed by atoms with Crippen molar-refractivity contribution >= 4 is 5.69 Å². The Kier molecular flexibility index (Phi) is 3.70. The molecule has 1 fully saturated rings. The summed E-state index contributed by atoms with van der Waals surface area (Å²) in [4.78, 5) is 4.42. The van der Waals surface area contributed by atoms with Gasteiger partial charge in [-0.05, 0) is 50.7 Å². The molecule has 0 aromatic carbocycles. The van der Waals surface area contributed by atoms with Gasteiger partial charge in [0.05, 0.1) is 0 Å². The molecule has 1 heterocycles. The Morgan fingerprint density at radius 3 is 2.41 bits per heavy atom. The van der Waals surface area contributed by atoms with Gasteiger partial charge in [0.2, 0.25) is 0 Å². The van der Waals surface area contributed by atoms with Crippen LogP contribution >= 0.6 is 0 Å². The molecule has 0 amide bonds. The average molecular weight is 232 g/mol. The lowest BCUT2D eigenvalue weighted by Crippen LogP contribution is -2.24. The van der Waals surface area contributed by atoms with Crippen molar-refractivity contribution in [3.63, 3.8) is 0 Å². The van der Waals surface area contributed by atoms with Gasteiger partial charge < -0.3 is 5.32 Å². The highest BCUT2D eigenvalue weighted by Crippen LogP contribution is 2.35. The third-order valence-electron chi connectivity index (χ3n) is 4.18. The summed E-state index contributed by atoms with van der Waals surface area (Å²) in [6.07, 6.45) is 3.99. The molecular formula is C15H24N2. The third kappa shape index (κ3) is 2.80. The molecule has 1 aliphatic carbocycles. The SMILES string of the molecule is CCC1CCC(Nc2cc(C)nc(C)c2)C1C. The van der Waals surface area contributed by atoms with E-state index in [1.807, 2.05) is 0 Å². The molecule has 0 aliphatic heterocycles. The van der Waals surface area contributed by atoms with Crippen LogP contribution in [0.1, 0.15) is 44.5 Å². The second-order valence-corrected chi connectivity index (χ2v) is 5.49. The maximum absolute atomic E-state index is 4.42. The first-order valence-corrected chi connectivity index (χ1v) is 6.82. The van der Waals surface area contributed by atoms with E-state index in [0.29, 0.717) is 6.04 Å². The summed E-state index contributed by atoms with van der Waals surface area (Å²) in [5.74, 6) is 1.69. The normalized spacial score (nSPS) is 28.4. The molecule has 1 aromatic heterocycles. The van der Waals surface area contributed by atoms with E-state index in [0.717, 1.165) is 23.2 Å². The van der Waals surface area contributed by atoms with Gasteiger partial charge in [-0.3, -0.25) is 4.98 Å². The average Bonchev–Trinajstić information content (AvgIpc) is 2.58. The molecule has 2 heteroatoms. The number of aromatic nitrogens is 1. The molecule has 1 saturated carbocycles. The summed E-state index contributed by atoms with van der Waals surface area (Å²) in [6, 6.07) is 4.94. The van der Waals surface area contributed by atoms with Crippen LogP contribution in [-0.4, -0.2) is 11.0 Å².